The van der Waals surface area contributed by atoms with Gasteiger partial charge in [-0.3, -0.25) is 14.5 Å². The fourth-order valence-electron chi connectivity index (χ4n) is 4.27. The van der Waals surface area contributed by atoms with Crippen LogP contribution in [0.4, 0.5) is 8.78 Å². The molecule has 8 nitrogen and oxygen atoms in total. The molecule has 0 atom stereocenters. The summed E-state index contributed by atoms with van der Waals surface area (Å²) in [5.74, 6) is -2.45. The van der Waals surface area contributed by atoms with E-state index in [4.69, 9.17) is 26.8 Å². The Morgan fingerprint density at radius 2 is 1.85 bits per heavy atom. The van der Waals surface area contributed by atoms with Crippen LogP contribution in [0.25, 0.3) is 17.2 Å². The van der Waals surface area contributed by atoms with Crippen LogP contribution in [0.1, 0.15) is 31.2 Å². The third-order valence-electron chi connectivity index (χ3n) is 6.45. The van der Waals surface area contributed by atoms with E-state index < -0.39 is 17.6 Å². The Morgan fingerprint density at radius 3 is 2.60 bits per heavy atom. The first-order chi connectivity index (χ1) is 19.3. The number of hydrogen-bond acceptors (Lipinski definition) is 8. The van der Waals surface area contributed by atoms with Crippen LogP contribution in [-0.4, -0.2) is 77.2 Å². The van der Waals surface area contributed by atoms with E-state index in [0.717, 1.165) is 37.0 Å². The van der Waals surface area contributed by atoms with Gasteiger partial charge >= 0.3 is 5.97 Å². The first-order valence-corrected chi connectivity index (χ1v) is 14.3. The van der Waals surface area contributed by atoms with Crippen LogP contribution in [0, 0.1) is 11.6 Å². The highest BCUT2D eigenvalue weighted by Crippen LogP contribution is 2.35. The SMILES string of the molecule is O=C(O)CCCCCNN1C(=O)C(=Cc2cc(-c3ccc(F)c(F)c3)ccc2OCCN2CCOCC2)SC1=S. The molecule has 2 aliphatic rings. The molecule has 40 heavy (non-hydrogen) atoms. The number of amides is 1. The van der Waals surface area contributed by atoms with Crippen molar-refractivity contribution < 1.29 is 33.0 Å². The summed E-state index contributed by atoms with van der Waals surface area (Å²) in [6.07, 6.45) is 3.79. The molecular formula is C28H31F2N3O5S2. The molecule has 2 fully saturated rings. The first-order valence-electron chi connectivity index (χ1n) is 13.1. The molecule has 2 aromatic rings. The Balaban J connectivity index is 1.49. The number of carboxylic acids is 1. The summed E-state index contributed by atoms with van der Waals surface area (Å²) in [5, 5.41) is 10.1. The number of aliphatic carboxylic acids is 1. The molecule has 0 bridgehead atoms. The van der Waals surface area contributed by atoms with Crippen LogP contribution in [0.15, 0.2) is 41.3 Å². The van der Waals surface area contributed by atoms with Crippen molar-refractivity contribution in [3.63, 3.8) is 0 Å². The number of unbranched alkanes of at least 4 members (excludes halogenated alkanes) is 2. The lowest BCUT2D eigenvalue weighted by Crippen LogP contribution is -2.41. The third-order valence-corrected chi connectivity index (χ3v) is 7.75. The van der Waals surface area contributed by atoms with Crippen molar-refractivity contribution in [2.75, 3.05) is 46.0 Å². The number of carboxylic acid groups (broad SMARTS) is 1. The van der Waals surface area contributed by atoms with Crippen LogP contribution >= 0.6 is 24.0 Å². The lowest BCUT2D eigenvalue weighted by atomic mass is 10.0. The number of thioether (sulfide) groups is 1. The van der Waals surface area contributed by atoms with Crippen LogP contribution in [0.5, 0.6) is 5.75 Å². The Kier molecular flexibility index (Phi) is 11.0. The van der Waals surface area contributed by atoms with Crippen LogP contribution in [-0.2, 0) is 14.3 Å². The first kappa shape index (κ1) is 30.1. The molecule has 0 saturated carbocycles. The summed E-state index contributed by atoms with van der Waals surface area (Å²) in [6.45, 7) is 4.66. The van der Waals surface area contributed by atoms with Gasteiger partial charge in [-0.1, -0.05) is 42.5 Å². The second kappa shape index (κ2) is 14.6. The highest BCUT2D eigenvalue weighted by atomic mass is 32.2. The molecule has 2 heterocycles. The smallest absolute Gasteiger partial charge is 0.303 e. The Morgan fingerprint density at radius 1 is 1.10 bits per heavy atom. The minimum absolute atomic E-state index is 0.115. The summed E-state index contributed by atoms with van der Waals surface area (Å²) < 4.78 is 39.3. The van der Waals surface area contributed by atoms with Gasteiger partial charge in [-0.15, -0.1) is 0 Å². The van der Waals surface area contributed by atoms with Gasteiger partial charge < -0.3 is 14.6 Å². The Labute approximate surface area is 241 Å². The number of carbonyl (C=O) groups is 2. The van der Waals surface area contributed by atoms with E-state index in [-0.39, 0.29) is 12.3 Å². The Bertz CT molecular complexity index is 1270. The van der Waals surface area contributed by atoms with Crippen LogP contribution in [0.3, 0.4) is 0 Å². The van der Waals surface area contributed by atoms with Gasteiger partial charge in [0, 0.05) is 38.2 Å². The molecule has 0 unspecified atom stereocenters. The van der Waals surface area contributed by atoms with E-state index in [1.165, 1.54) is 11.1 Å². The topological polar surface area (TPSA) is 91.3 Å². The van der Waals surface area contributed by atoms with E-state index in [9.17, 15) is 18.4 Å². The molecule has 0 spiro atoms. The third kappa shape index (κ3) is 8.31. The summed E-state index contributed by atoms with van der Waals surface area (Å²) in [6, 6.07) is 9.02. The molecule has 1 amide bonds. The number of hydrogen-bond donors (Lipinski definition) is 2. The van der Waals surface area contributed by atoms with Gasteiger partial charge in [-0.25, -0.2) is 19.2 Å². The molecule has 4 rings (SSSR count). The maximum Gasteiger partial charge on any atom is 0.303 e. The van der Waals surface area contributed by atoms with E-state index in [2.05, 4.69) is 10.3 Å². The van der Waals surface area contributed by atoms with Crippen molar-refractivity contribution in [2.45, 2.75) is 25.7 Å². The number of thiocarbonyl (C=S) groups is 1. The van der Waals surface area contributed by atoms with E-state index >= 15 is 0 Å². The number of benzene rings is 2. The second-order valence-electron chi connectivity index (χ2n) is 9.31. The van der Waals surface area contributed by atoms with Crippen molar-refractivity contribution >= 4 is 46.3 Å². The van der Waals surface area contributed by atoms with Gasteiger partial charge in [-0.2, -0.15) is 0 Å². The van der Waals surface area contributed by atoms with Gasteiger partial charge in [0.05, 0.1) is 18.1 Å². The van der Waals surface area contributed by atoms with Crippen molar-refractivity contribution in [3.8, 4) is 16.9 Å². The zero-order chi connectivity index (χ0) is 28.5. The fourth-order valence-corrected chi connectivity index (χ4v) is 5.48. The van der Waals surface area contributed by atoms with Crippen molar-refractivity contribution in [1.29, 1.82) is 0 Å². The fraction of sp³-hybridized carbons (Fsp3) is 0.393. The average Bonchev–Trinajstić information content (AvgIpc) is 3.20. The van der Waals surface area contributed by atoms with Gasteiger partial charge in [-0.05, 0) is 54.3 Å². The molecular weight excluding hydrogens is 560 g/mol. The number of halogens is 2. The maximum absolute atomic E-state index is 13.9. The number of hydrazine groups is 1. The largest absolute Gasteiger partial charge is 0.492 e. The summed E-state index contributed by atoms with van der Waals surface area (Å²) in [7, 11) is 0. The van der Waals surface area contributed by atoms with E-state index in [1.54, 1.807) is 24.3 Å². The number of rotatable bonds is 13. The zero-order valence-electron chi connectivity index (χ0n) is 21.9. The molecule has 2 aromatic carbocycles. The number of nitrogens with one attached hydrogen (secondary N) is 1. The molecule has 214 valence electrons. The van der Waals surface area contributed by atoms with E-state index in [1.807, 2.05) is 0 Å². The van der Waals surface area contributed by atoms with Crippen molar-refractivity contribution in [2.24, 2.45) is 0 Å². The van der Waals surface area contributed by atoms with Crippen molar-refractivity contribution in [1.82, 2.24) is 15.3 Å². The molecule has 2 saturated heterocycles. The highest BCUT2D eigenvalue weighted by Gasteiger charge is 2.32. The molecule has 0 aromatic heterocycles. The van der Waals surface area contributed by atoms with Crippen LogP contribution < -0.4 is 10.2 Å². The zero-order valence-corrected chi connectivity index (χ0v) is 23.5. The standard InChI is InChI=1S/C28H31F2N3O5S2/c29-22-7-5-20(17-23(22)30)19-6-8-24(38-15-12-32-10-13-37-14-11-32)21(16-19)18-25-27(36)33(28(39)40-25)31-9-3-1-2-4-26(34)35/h5-8,16-18,31H,1-4,9-15H2,(H,34,35). The molecule has 2 aliphatic heterocycles. The lowest BCUT2D eigenvalue weighted by molar-refractivity contribution is -0.137. The predicted octanol–water partition coefficient (Wildman–Crippen LogP) is 4.69. The molecule has 0 aliphatic carbocycles. The number of nitrogens with zero attached hydrogens (tertiary/aromatic N) is 2. The summed E-state index contributed by atoms with van der Waals surface area (Å²) >= 11 is 6.56. The number of carbonyl (C=O) groups excluding carboxylic acids is 1. The molecule has 2 N–H and O–H groups in total. The second-order valence-corrected chi connectivity index (χ2v) is 11.0. The van der Waals surface area contributed by atoms with Gasteiger partial charge in [0.2, 0.25) is 0 Å². The molecule has 12 heteroatoms. The normalized spacial score (nSPS) is 17.1. The minimum atomic E-state index is -0.945. The predicted molar refractivity (Wildman–Crippen MR) is 154 cm³/mol. The highest BCUT2D eigenvalue weighted by molar-refractivity contribution is 8.26. The van der Waals surface area contributed by atoms with Gasteiger partial charge in [0.1, 0.15) is 12.4 Å². The Hall–Kier alpha value is -2.90. The lowest BCUT2D eigenvalue weighted by Gasteiger charge is -2.26. The van der Waals surface area contributed by atoms with Gasteiger partial charge in [0.15, 0.2) is 16.0 Å². The minimum Gasteiger partial charge on any atom is -0.492 e. The molecule has 0 radical (unpaired) electrons. The summed E-state index contributed by atoms with van der Waals surface area (Å²) in [5.41, 5.74) is 4.77. The average molecular weight is 592 g/mol. The quantitative estimate of drug-likeness (QED) is 0.196. The maximum atomic E-state index is 13.9. The number of ether oxygens (including phenoxy) is 2. The number of morpholine rings is 1. The monoisotopic (exact) mass is 591 g/mol. The van der Waals surface area contributed by atoms with Crippen molar-refractivity contribution in [3.05, 3.63) is 58.5 Å². The van der Waals surface area contributed by atoms with Gasteiger partial charge in [0.25, 0.3) is 5.91 Å². The summed E-state index contributed by atoms with van der Waals surface area (Å²) in [4.78, 5) is 26.5. The van der Waals surface area contributed by atoms with E-state index in [0.29, 0.717) is 83.8 Å². The van der Waals surface area contributed by atoms with Crippen LogP contribution in [0.2, 0.25) is 0 Å².